The van der Waals surface area contributed by atoms with Gasteiger partial charge < -0.3 is 19.2 Å². The van der Waals surface area contributed by atoms with Crippen LogP contribution in [0.4, 0.5) is 0 Å². The van der Waals surface area contributed by atoms with Gasteiger partial charge in [0, 0.05) is 28.3 Å². The molecular weight excluding hydrogens is 547 g/mol. The standard InChI is InChI=1S/C38H63NO3Si/c1-34(2,3)27-21-25(22-28(32(27)40-13)35(4,5)6)38(42-43(15,16)17,31-19-18-20-39-31)26-23-29(36(7,8)9)33(41-14)30(24-26)37(10,11)12/h21-24,31,39H,18-20H2,1-17H3/t31-/m0/s1. The molecule has 2 aromatic carbocycles. The summed E-state index contributed by atoms with van der Waals surface area (Å²) < 4.78 is 20.1. The van der Waals surface area contributed by atoms with Gasteiger partial charge in [-0.2, -0.15) is 0 Å². The third-order valence-corrected chi connectivity index (χ3v) is 9.63. The van der Waals surface area contributed by atoms with Crippen LogP contribution in [0.5, 0.6) is 11.5 Å². The van der Waals surface area contributed by atoms with Gasteiger partial charge in [0.2, 0.25) is 0 Å². The van der Waals surface area contributed by atoms with E-state index in [1.807, 2.05) is 14.2 Å². The summed E-state index contributed by atoms with van der Waals surface area (Å²) in [6.07, 6.45) is 2.18. The molecule has 0 amide bonds. The summed E-state index contributed by atoms with van der Waals surface area (Å²) in [6.45, 7) is 35.5. The molecule has 0 radical (unpaired) electrons. The van der Waals surface area contributed by atoms with Gasteiger partial charge in [-0.1, -0.05) is 83.1 Å². The van der Waals surface area contributed by atoms with Crippen LogP contribution in [0.1, 0.15) is 129 Å². The Balaban J connectivity index is 2.69. The summed E-state index contributed by atoms with van der Waals surface area (Å²) in [6, 6.07) is 9.76. The lowest BCUT2D eigenvalue weighted by molar-refractivity contribution is 0.0632. The number of methoxy groups -OCH3 is 2. The Morgan fingerprint density at radius 3 is 1.14 bits per heavy atom. The Morgan fingerprint density at radius 2 is 0.930 bits per heavy atom. The minimum atomic E-state index is -2.13. The molecule has 0 unspecified atom stereocenters. The number of nitrogens with one attached hydrogen (secondary N) is 1. The summed E-state index contributed by atoms with van der Waals surface area (Å²) in [7, 11) is 1.51. The van der Waals surface area contributed by atoms with Crippen LogP contribution in [-0.2, 0) is 31.7 Å². The van der Waals surface area contributed by atoms with E-state index in [1.54, 1.807) is 0 Å². The molecule has 242 valence electrons. The van der Waals surface area contributed by atoms with Crippen LogP contribution in [0.3, 0.4) is 0 Å². The minimum Gasteiger partial charge on any atom is -0.496 e. The second-order valence-corrected chi connectivity index (χ2v) is 22.2. The molecule has 0 aliphatic carbocycles. The quantitative estimate of drug-likeness (QED) is 0.317. The van der Waals surface area contributed by atoms with Gasteiger partial charge in [-0.05, 0) is 96.1 Å². The molecule has 0 spiro atoms. The van der Waals surface area contributed by atoms with Crippen LogP contribution in [-0.4, -0.2) is 35.1 Å². The Labute approximate surface area is 265 Å². The van der Waals surface area contributed by atoms with Gasteiger partial charge >= 0.3 is 0 Å². The summed E-state index contributed by atoms with van der Waals surface area (Å²) in [5.74, 6) is 1.98. The highest BCUT2D eigenvalue weighted by Gasteiger charge is 2.49. The molecule has 1 fully saturated rings. The first-order valence-corrected chi connectivity index (χ1v) is 19.7. The van der Waals surface area contributed by atoms with E-state index in [1.165, 1.54) is 33.4 Å². The van der Waals surface area contributed by atoms with Crippen molar-refractivity contribution in [1.29, 1.82) is 0 Å². The van der Waals surface area contributed by atoms with Gasteiger partial charge in [-0.15, -0.1) is 0 Å². The lowest BCUT2D eigenvalue weighted by Gasteiger charge is -2.46. The monoisotopic (exact) mass is 609 g/mol. The zero-order valence-corrected chi connectivity index (χ0v) is 31.7. The van der Waals surface area contributed by atoms with Crippen molar-refractivity contribution in [2.24, 2.45) is 0 Å². The third-order valence-electron chi connectivity index (χ3n) is 8.69. The van der Waals surface area contributed by atoms with Crippen molar-refractivity contribution < 1.29 is 13.9 Å². The number of ether oxygens (including phenoxy) is 2. The number of hydrogen-bond acceptors (Lipinski definition) is 4. The third kappa shape index (κ3) is 7.36. The van der Waals surface area contributed by atoms with Crippen LogP contribution < -0.4 is 14.8 Å². The van der Waals surface area contributed by atoms with Crippen molar-refractivity contribution in [3.8, 4) is 11.5 Å². The van der Waals surface area contributed by atoms with Crippen LogP contribution in [0.15, 0.2) is 24.3 Å². The highest BCUT2D eigenvalue weighted by molar-refractivity contribution is 6.69. The normalized spacial score (nSPS) is 17.4. The second-order valence-electron chi connectivity index (χ2n) is 17.8. The molecule has 1 N–H and O–H groups in total. The fraction of sp³-hybridized carbons (Fsp3) is 0.684. The molecule has 1 heterocycles. The lowest BCUT2D eigenvalue weighted by Crippen LogP contribution is -2.53. The Kier molecular flexibility index (Phi) is 9.81. The summed E-state index contributed by atoms with van der Waals surface area (Å²) in [5, 5.41) is 3.94. The first-order chi connectivity index (χ1) is 19.4. The fourth-order valence-electron chi connectivity index (χ4n) is 6.63. The average Bonchev–Trinajstić information content (AvgIpc) is 3.38. The number of rotatable bonds is 7. The summed E-state index contributed by atoms with van der Waals surface area (Å²) in [4.78, 5) is 0. The summed E-state index contributed by atoms with van der Waals surface area (Å²) >= 11 is 0. The number of hydrogen-bond donors (Lipinski definition) is 1. The maximum absolute atomic E-state index is 7.69. The maximum atomic E-state index is 7.69. The predicted octanol–water partition coefficient (Wildman–Crippen LogP) is 9.74. The van der Waals surface area contributed by atoms with Crippen molar-refractivity contribution in [1.82, 2.24) is 5.32 Å². The zero-order chi connectivity index (χ0) is 33.0. The maximum Gasteiger partial charge on any atom is 0.185 e. The molecule has 1 atom stereocenters. The molecule has 43 heavy (non-hydrogen) atoms. The van der Waals surface area contributed by atoms with Crippen LogP contribution in [0.25, 0.3) is 0 Å². The molecule has 3 rings (SSSR count). The molecular formula is C38H63NO3Si. The van der Waals surface area contributed by atoms with Crippen molar-refractivity contribution >= 4 is 8.32 Å². The van der Waals surface area contributed by atoms with E-state index >= 15 is 0 Å². The molecule has 5 heteroatoms. The molecule has 2 aromatic rings. The summed E-state index contributed by atoms with van der Waals surface area (Å²) in [5.41, 5.74) is 6.14. The first kappa shape index (κ1) is 35.7. The van der Waals surface area contributed by atoms with Gasteiger partial charge in [0.05, 0.1) is 14.2 Å². The van der Waals surface area contributed by atoms with Crippen LogP contribution in [0.2, 0.25) is 19.6 Å². The first-order valence-electron chi connectivity index (χ1n) is 16.3. The highest BCUT2D eigenvalue weighted by atomic mass is 28.4. The topological polar surface area (TPSA) is 39.7 Å². The molecule has 1 aliphatic heterocycles. The zero-order valence-electron chi connectivity index (χ0n) is 30.7. The van der Waals surface area contributed by atoms with E-state index in [0.717, 1.165) is 30.9 Å². The minimum absolute atomic E-state index is 0.123. The Bertz CT molecular complexity index is 1130. The average molecular weight is 610 g/mol. The van der Waals surface area contributed by atoms with E-state index in [2.05, 4.69) is 132 Å². The van der Waals surface area contributed by atoms with Gasteiger partial charge in [0.15, 0.2) is 8.32 Å². The van der Waals surface area contributed by atoms with Crippen LogP contribution in [0, 0.1) is 0 Å². The SMILES string of the molecule is COc1c(C(C)(C)C)cc(C(O[Si](C)(C)C)(c2cc(C(C)(C)C)c(OC)c(C(C)(C)C)c2)[C@@H]2CCCN2)cc1C(C)(C)C. The van der Waals surface area contributed by atoms with Crippen molar-refractivity contribution in [2.75, 3.05) is 20.8 Å². The van der Waals surface area contributed by atoms with Crippen molar-refractivity contribution in [2.45, 2.75) is 149 Å². The predicted molar refractivity (Wildman–Crippen MR) is 187 cm³/mol. The largest absolute Gasteiger partial charge is 0.496 e. The van der Waals surface area contributed by atoms with Gasteiger partial charge in [0.25, 0.3) is 0 Å². The van der Waals surface area contributed by atoms with Gasteiger partial charge in [-0.25, -0.2) is 0 Å². The van der Waals surface area contributed by atoms with E-state index in [0.29, 0.717) is 0 Å². The molecule has 4 nitrogen and oxygen atoms in total. The molecule has 0 aromatic heterocycles. The second kappa shape index (κ2) is 11.8. The van der Waals surface area contributed by atoms with E-state index < -0.39 is 13.9 Å². The Morgan fingerprint density at radius 1 is 0.605 bits per heavy atom. The molecule has 0 bridgehead atoms. The van der Waals surface area contributed by atoms with Crippen molar-refractivity contribution in [3.05, 3.63) is 57.6 Å². The molecule has 1 saturated heterocycles. The van der Waals surface area contributed by atoms with E-state index in [-0.39, 0.29) is 27.7 Å². The van der Waals surface area contributed by atoms with Gasteiger partial charge in [-0.3, -0.25) is 0 Å². The van der Waals surface area contributed by atoms with E-state index in [4.69, 9.17) is 13.9 Å². The van der Waals surface area contributed by atoms with Crippen molar-refractivity contribution in [3.63, 3.8) is 0 Å². The van der Waals surface area contributed by atoms with Crippen LogP contribution >= 0.6 is 0 Å². The molecule has 0 saturated carbocycles. The molecule has 1 aliphatic rings. The van der Waals surface area contributed by atoms with Gasteiger partial charge in [0.1, 0.15) is 17.1 Å². The fourth-order valence-corrected chi connectivity index (χ4v) is 7.97. The Hall–Kier alpha value is -1.82. The van der Waals surface area contributed by atoms with E-state index in [9.17, 15) is 0 Å². The highest BCUT2D eigenvalue weighted by Crippen LogP contribution is 2.51. The smallest absolute Gasteiger partial charge is 0.185 e. The number of benzene rings is 2. The lowest BCUT2D eigenvalue weighted by atomic mass is 9.70.